The highest BCUT2D eigenvalue weighted by atomic mass is 16.5. The van der Waals surface area contributed by atoms with Gasteiger partial charge in [0, 0.05) is 40.7 Å². The van der Waals surface area contributed by atoms with Gasteiger partial charge in [-0.2, -0.15) is 0 Å². The van der Waals surface area contributed by atoms with Gasteiger partial charge in [-0.05, 0) is 12.0 Å². The number of hydrogen-bond donors (Lipinski definition) is 1. The van der Waals surface area contributed by atoms with Gasteiger partial charge in [0.15, 0.2) is 23.0 Å². The highest BCUT2D eigenvalue weighted by Crippen LogP contribution is 2.53. The normalized spacial score (nSPS) is 23.9. The van der Waals surface area contributed by atoms with Gasteiger partial charge in [-0.25, -0.2) is 0 Å². The van der Waals surface area contributed by atoms with Crippen LogP contribution in [-0.2, 0) is 14.3 Å². The third-order valence-electron chi connectivity index (χ3n) is 5.70. The van der Waals surface area contributed by atoms with Crippen LogP contribution in [0, 0.1) is 11.8 Å². The second-order valence-electron chi connectivity index (χ2n) is 7.43. The molecule has 3 rings (SSSR count). The minimum Gasteiger partial charge on any atom is -0.496 e. The molecule has 2 aliphatic rings. The van der Waals surface area contributed by atoms with Crippen LogP contribution in [0.1, 0.15) is 25.3 Å². The van der Waals surface area contributed by atoms with Gasteiger partial charge in [0.1, 0.15) is 5.75 Å². The van der Waals surface area contributed by atoms with Crippen molar-refractivity contribution in [3.63, 3.8) is 0 Å². The standard InChI is InChI=1S/C22H26O7/c1-10(2)17-18(11-7-14(27-4)15(28-5)9-13(11)26-3)20-19(22(17)25)12(23)8-16(29-6)21(20)24/h7-10,17-18,22,25H,1-6H3. The molecule has 3 atom stereocenters. The summed E-state index contributed by atoms with van der Waals surface area (Å²) in [7, 11) is 5.90. The molecule has 0 saturated carbocycles. The minimum absolute atomic E-state index is 0.0232. The van der Waals surface area contributed by atoms with E-state index in [1.807, 2.05) is 13.8 Å². The van der Waals surface area contributed by atoms with Crippen molar-refractivity contribution in [3.05, 3.63) is 40.7 Å². The summed E-state index contributed by atoms with van der Waals surface area (Å²) >= 11 is 0. The number of methoxy groups -OCH3 is 4. The number of carbonyl (C=O) groups excluding carboxylic acids is 2. The zero-order valence-corrected chi connectivity index (χ0v) is 17.4. The number of aliphatic hydroxyl groups excluding tert-OH is 1. The molecule has 0 aromatic heterocycles. The molecule has 0 spiro atoms. The topological polar surface area (TPSA) is 91.3 Å². The zero-order chi connectivity index (χ0) is 21.5. The second kappa shape index (κ2) is 7.91. The first-order valence-electron chi connectivity index (χ1n) is 9.37. The van der Waals surface area contributed by atoms with Gasteiger partial charge in [-0.15, -0.1) is 0 Å². The fourth-order valence-corrected chi connectivity index (χ4v) is 4.39. The molecule has 0 heterocycles. The Kier molecular flexibility index (Phi) is 5.71. The van der Waals surface area contributed by atoms with E-state index in [0.717, 1.165) is 6.08 Å². The largest absolute Gasteiger partial charge is 0.496 e. The molecule has 1 aromatic rings. The summed E-state index contributed by atoms with van der Waals surface area (Å²) in [5.41, 5.74) is 1.04. The number of Topliss-reactive ketones (excluding diaryl/α,β-unsaturated/α-hetero) is 1. The Balaban J connectivity index is 2.28. The zero-order valence-electron chi connectivity index (χ0n) is 17.4. The first kappa shape index (κ1) is 20.9. The number of ketones is 2. The molecule has 0 aliphatic heterocycles. The van der Waals surface area contributed by atoms with E-state index in [1.54, 1.807) is 12.1 Å². The van der Waals surface area contributed by atoms with Crippen LogP contribution in [0.3, 0.4) is 0 Å². The molecule has 29 heavy (non-hydrogen) atoms. The maximum absolute atomic E-state index is 13.1. The smallest absolute Gasteiger partial charge is 0.224 e. The number of allylic oxidation sites excluding steroid dienone is 2. The van der Waals surface area contributed by atoms with Crippen LogP contribution in [-0.4, -0.2) is 51.2 Å². The quantitative estimate of drug-likeness (QED) is 0.731. The van der Waals surface area contributed by atoms with Crippen molar-refractivity contribution in [1.29, 1.82) is 0 Å². The summed E-state index contributed by atoms with van der Waals surface area (Å²) in [6, 6.07) is 3.42. The Hall–Kier alpha value is -2.80. The first-order valence-corrected chi connectivity index (χ1v) is 9.37. The number of rotatable bonds is 6. The number of carbonyl (C=O) groups is 2. The van der Waals surface area contributed by atoms with Crippen molar-refractivity contribution in [2.45, 2.75) is 25.9 Å². The van der Waals surface area contributed by atoms with Crippen molar-refractivity contribution in [1.82, 2.24) is 0 Å². The third-order valence-corrected chi connectivity index (χ3v) is 5.70. The molecule has 0 radical (unpaired) electrons. The Morgan fingerprint density at radius 2 is 1.45 bits per heavy atom. The number of aliphatic hydroxyl groups is 1. The number of ether oxygens (including phenoxy) is 4. The van der Waals surface area contributed by atoms with Crippen molar-refractivity contribution in [3.8, 4) is 17.2 Å². The maximum atomic E-state index is 13.1. The summed E-state index contributed by atoms with van der Waals surface area (Å²) in [4.78, 5) is 25.9. The SMILES string of the molecule is COC1=CC(=O)C2=C(C1=O)C(c1cc(OC)c(OC)cc1OC)C(C(C)C)C2O. The predicted molar refractivity (Wildman–Crippen MR) is 105 cm³/mol. The Morgan fingerprint density at radius 1 is 0.862 bits per heavy atom. The average molecular weight is 402 g/mol. The van der Waals surface area contributed by atoms with Crippen LogP contribution in [0.15, 0.2) is 35.1 Å². The average Bonchev–Trinajstić information content (AvgIpc) is 3.03. The monoisotopic (exact) mass is 402 g/mol. The first-order chi connectivity index (χ1) is 13.8. The lowest BCUT2D eigenvalue weighted by molar-refractivity contribution is -0.118. The Labute approximate surface area is 169 Å². The molecule has 0 amide bonds. The van der Waals surface area contributed by atoms with Crippen LogP contribution in [0.5, 0.6) is 17.2 Å². The number of hydrogen-bond acceptors (Lipinski definition) is 7. The van der Waals surface area contributed by atoms with E-state index in [2.05, 4.69) is 0 Å². The van der Waals surface area contributed by atoms with Crippen LogP contribution in [0.4, 0.5) is 0 Å². The van der Waals surface area contributed by atoms with E-state index in [4.69, 9.17) is 18.9 Å². The molecule has 3 unspecified atom stereocenters. The summed E-state index contributed by atoms with van der Waals surface area (Å²) < 4.78 is 21.5. The number of benzene rings is 1. The molecular formula is C22H26O7. The van der Waals surface area contributed by atoms with Gasteiger partial charge in [-0.3, -0.25) is 9.59 Å². The molecule has 7 nitrogen and oxygen atoms in total. The Bertz CT molecular complexity index is 910. The van der Waals surface area contributed by atoms with Crippen LogP contribution in [0.2, 0.25) is 0 Å². The van der Waals surface area contributed by atoms with Gasteiger partial charge in [0.2, 0.25) is 5.78 Å². The molecule has 0 bridgehead atoms. The molecule has 1 N–H and O–H groups in total. The fourth-order valence-electron chi connectivity index (χ4n) is 4.39. The molecule has 1 aromatic carbocycles. The van der Waals surface area contributed by atoms with E-state index in [0.29, 0.717) is 22.8 Å². The summed E-state index contributed by atoms with van der Waals surface area (Å²) in [6.45, 7) is 3.90. The van der Waals surface area contributed by atoms with Crippen molar-refractivity contribution in [2.24, 2.45) is 11.8 Å². The van der Waals surface area contributed by atoms with Gasteiger partial charge in [0.05, 0.1) is 34.5 Å². The molecule has 7 heteroatoms. The lowest BCUT2D eigenvalue weighted by atomic mass is 9.76. The maximum Gasteiger partial charge on any atom is 0.224 e. The van der Waals surface area contributed by atoms with E-state index < -0.39 is 29.5 Å². The second-order valence-corrected chi connectivity index (χ2v) is 7.43. The molecule has 156 valence electrons. The van der Waals surface area contributed by atoms with Crippen molar-refractivity contribution >= 4 is 11.6 Å². The van der Waals surface area contributed by atoms with E-state index in [1.165, 1.54) is 28.4 Å². The van der Waals surface area contributed by atoms with E-state index in [9.17, 15) is 14.7 Å². The third kappa shape index (κ3) is 3.19. The van der Waals surface area contributed by atoms with Crippen LogP contribution >= 0.6 is 0 Å². The summed E-state index contributed by atoms with van der Waals surface area (Å²) in [6.07, 6.45) is 0.0783. The fraction of sp³-hybridized carbons (Fsp3) is 0.455. The lowest BCUT2D eigenvalue weighted by Gasteiger charge is -2.29. The summed E-state index contributed by atoms with van der Waals surface area (Å²) in [5, 5.41) is 11.0. The van der Waals surface area contributed by atoms with E-state index >= 15 is 0 Å². The van der Waals surface area contributed by atoms with Crippen LogP contribution < -0.4 is 14.2 Å². The lowest BCUT2D eigenvalue weighted by Crippen LogP contribution is -2.28. The van der Waals surface area contributed by atoms with Crippen molar-refractivity contribution < 1.29 is 33.6 Å². The van der Waals surface area contributed by atoms with Gasteiger partial charge in [-0.1, -0.05) is 13.8 Å². The predicted octanol–water partition coefficient (Wildman–Crippen LogP) is 2.42. The molecule has 2 aliphatic carbocycles. The van der Waals surface area contributed by atoms with Crippen molar-refractivity contribution in [2.75, 3.05) is 28.4 Å². The van der Waals surface area contributed by atoms with Crippen LogP contribution in [0.25, 0.3) is 0 Å². The Morgan fingerprint density at radius 3 is 1.97 bits per heavy atom. The molecule has 0 fully saturated rings. The van der Waals surface area contributed by atoms with E-state index in [-0.39, 0.29) is 22.8 Å². The van der Waals surface area contributed by atoms with Gasteiger partial charge < -0.3 is 24.1 Å². The van der Waals surface area contributed by atoms with Gasteiger partial charge >= 0.3 is 0 Å². The molecular weight excluding hydrogens is 376 g/mol. The highest BCUT2D eigenvalue weighted by molar-refractivity contribution is 6.23. The van der Waals surface area contributed by atoms with Gasteiger partial charge in [0.25, 0.3) is 0 Å². The highest BCUT2D eigenvalue weighted by Gasteiger charge is 2.51. The summed E-state index contributed by atoms with van der Waals surface area (Å²) in [5.74, 6) is -0.401. The minimum atomic E-state index is -1.07. The molecule has 0 saturated heterocycles.